The van der Waals surface area contributed by atoms with Gasteiger partial charge in [-0.1, -0.05) is 6.92 Å². The molecule has 0 spiro atoms. The zero-order valence-corrected chi connectivity index (χ0v) is 5.98. The van der Waals surface area contributed by atoms with Crippen molar-refractivity contribution in [3.63, 3.8) is 0 Å². The van der Waals surface area contributed by atoms with Gasteiger partial charge in [-0.3, -0.25) is 4.79 Å². The van der Waals surface area contributed by atoms with Crippen molar-refractivity contribution >= 4 is 5.91 Å². The van der Waals surface area contributed by atoms with Crippen molar-refractivity contribution in [3.8, 4) is 0 Å². The average molecular weight is 130 g/mol. The molecular weight excluding hydrogens is 116 g/mol. The first-order valence-corrected chi connectivity index (χ1v) is 3.18. The van der Waals surface area contributed by atoms with Crippen LogP contribution in [-0.2, 0) is 4.79 Å². The molecule has 0 saturated carbocycles. The summed E-state index contributed by atoms with van der Waals surface area (Å²) in [5, 5.41) is 2.96. The van der Waals surface area contributed by atoms with Crippen LogP contribution in [0.2, 0.25) is 0 Å². The molecule has 0 aliphatic heterocycles. The lowest BCUT2D eigenvalue weighted by Crippen LogP contribution is -2.34. The third kappa shape index (κ3) is 5.30. The summed E-state index contributed by atoms with van der Waals surface area (Å²) in [6.45, 7) is 4.36. The molecular formula is C6H14N2O. The monoisotopic (exact) mass is 130 g/mol. The Balaban J connectivity index is 3.16. The summed E-state index contributed by atoms with van der Waals surface area (Å²) in [5.74, 6) is -0.296. The van der Waals surface area contributed by atoms with E-state index in [2.05, 4.69) is 12.2 Å². The Hall–Kier alpha value is -0.570. The molecule has 0 fully saturated rings. The number of amides is 1. The Labute approximate surface area is 55.6 Å². The zero-order valence-electron chi connectivity index (χ0n) is 5.98. The molecule has 3 N–H and O–H groups in total. The molecule has 3 heteroatoms. The van der Waals surface area contributed by atoms with Crippen molar-refractivity contribution in [2.75, 3.05) is 6.54 Å². The fourth-order valence-corrected chi connectivity index (χ4v) is 0.419. The molecule has 0 bridgehead atoms. The van der Waals surface area contributed by atoms with Gasteiger partial charge < -0.3 is 11.1 Å². The largest absolute Gasteiger partial charge is 0.369 e. The Kier molecular flexibility index (Phi) is 4.05. The SMILES string of the molecule is CCC(C)NCC(N)=O. The summed E-state index contributed by atoms with van der Waals surface area (Å²) in [7, 11) is 0. The number of hydrogen-bond donors (Lipinski definition) is 2. The number of carbonyl (C=O) groups is 1. The van der Waals surface area contributed by atoms with Crippen LogP contribution in [-0.4, -0.2) is 18.5 Å². The molecule has 0 aliphatic carbocycles. The van der Waals surface area contributed by atoms with Gasteiger partial charge in [-0.25, -0.2) is 0 Å². The Morgan fingerprint density at radius 1 is 1.78 bits per heavy atom. The highest BCUT2D eigenvalue weighted by molar-refractivity contribution is 5.75. The van der Waals surface area contributed by atoms with Crippen LogP contribution in [0.4, 0.5) is 0 Å². The second kappa shape index (κ2) is 4.32. The molecule has 9 heavy (non-hydrogen) atoms. The van der Waals surface area contributed by atoms with Crippen LogP contribution in [0.3, 0.4) is 0 Å². The fourth-order valence-electron chi connectivity index (χ4n) is 0.419. The maximum atomic E-state index is 10.2. The van der Waals surface area contributed by atoms with E-state index in [1.165, 1.54) is 0 Å². The highest BCUT2D eigenvalue weighted by atomic mass is 16.1. The van der Waals surface area contributed by atoms with Crippen molar-refractivity contribution in [3.05, 3.63) is 0 Å². The van der Waals surface area contributed by atoms with Crippen LogP contribution in [0.5, 0.6) is 0 Å². The molecule has 0 rings (SSSR count). The summed E-state index contributed by atoms with van der Waals surface area (Å²) in [4.78, 5) is 10.2. The number of nitrogens with one attached hydrogen (secondary N) is 1. The molecule has 1 atom stereocenters. The number of rotatable bonds is 4. The van der Waals surface area contributed by atoms with Crippen LogP contribution in [0.1, 0.15) is 20.3 Å². The molecule has 0 aromatic rings. The molecule has 0 heterocycles. The zero-order chi connectivity index (χ0) is 7.28. The smallest absolute Gasteiger partial charge is 0.231 e. The Morgan fingerprint density at radius 2 is 2.33 bits per heavy atom. The Morgan fingerprint density at radius 3 is 2.67 bits per heavy atom. The van der Waals surface area contributed by atoms with Crippen molar-refractivity contribution in [1.82, 2.24) is 5.32 Å². The molecule has 0 aromatic carbocycles. The molecule has 1 unspecified atom stereocenters. The van der Waals surface area contributed by atoms with Crippen molar-refractivity contribution in [2.45, 2.75) is 26.3 Å². The summed E-state index contributed by atoms with van der Waals surface area (Å²) < 4.78 is 0. The number of nitrogens with two attached hydrogens (primary N) is 1. The second-order valence-corrected chi connectivity index (χ2v) is 2.16. The van der Waals surface area contributed by atoms with E-state index in [1.54, 1.807) is 0 Å². The normalized spacial score (nSPS) is 13.1. The minimum absolute atomic E-state index is 0.287. The van der Waals surface area contributed by atoms with Gasteiger partial charge in [0.15, 0.2) is 0 Å². The van der Waals surface area contributed by atoms with Crippen LogP contribution in [0.15, 0.2) is 0 Å². The molecule has 3 nitrogen and oxygen atoms in total. The molecule has 0 radical (unpaired) electrons. The van der Waals surface area contributed by atoms with Gasteiger partial charge in [0.2, 0.25) is 5.91 Å². The predicted octanol–water partition coefficient (Wildman–Crippen LogP) is -0.140. The van der Waals surface area contributed by atoms with Gasteiger partial charge >= 0.3 is 0 Å². The van der Waals surface area contributed by atoms with E-state index in [0.717, 1.165) is 6.42 Å². The fraction of sp³-hybridized carbons (Fsp3) is 0.833. The summed E-state index contributed by atoms with van der Waals surface area (Å²) in [5.41, 5.74) is 4.89. The predicted molar refractivity (Wildman–Crippen MR) is 37.0 cm³/mol. The summed E-state index contributed by atoms with van der Waals surface area (Å²) in [6, 6.07) is 0.387. The van der Waals surface area contributed by atoms with E-state index in [4.69, 9.17) is 5.73 Å². The maximum Gasteiger partial charge on any atom is 0.231 e. The first kappa shape index (κ1) is 8.43. The average Bonchev–Trinajstić information content (AvgIpc) is 1.83. The highest BCUT2D eigenvalue weighted by Crippen LogP contribution is 1.84. The quantitative estimate of drug-likeness (QED) is 0.556. The lowest BCUT2D eigenvalue weighted by atomic mass is 10.3. The van der Waals surface area contributed by atoms with Crippen LogP contribution >= 0.6 is 0 Å². The number of primary amides is 1. The third-order valence-corrected chi connectivity index (χ3v) is 1.24. The van der Waals surface area contributed by atoms with Gasteiger partial charge in [0.1, 0.15) is 0 Å². The molecule has 0 aliphatic rings. The highest BCUT2D eigenvalue weighted by Gasteiger charge is 1.97. The minimum Gasteiger partial charge on any atom is -0.369 e. The molecule has 1 amide bonds. The van der Waals surface area contributed by atoms with Gasteiger partial charge in [0, 0.05) is 6.04 Å². The van der Waals surface area contributed by atoms with Gasteiger partial charge in [0.25, 0.3) is 0 Å². The Bertz CT molecular complexity index is 93.1. The number of hydrogen-bond acceptors (Lipinski definition) is 2. The van der Waals surface area contributed by atoms with Gasteiger partial charge in [-0.05, 0) is 13.3 Å². The van der Waals surface area contributed by atoms with Gasteiger partial charge in [-0.15, -0.1) is 0 Å². The van der Waals surface area contributed by atoms with E-state index in [1.807, 2.05) is 6.92 Å². The lowest BCUT2D eigenvalue weighted by Gasteiger charge is -2.07. The van der Waals surface area contributed by atoms with Gasteiger partial charge in [0.05, 0.1) is 6.54 Å². The minimum atomic E-state index is -0.296. The summed E-state index contributed by atoms with van der Waals surface area (Å²) in [6.07, 6.45) is 1.02. The van der Waals surface area contributed by atoms with Crippen LogP contribution in [0, 0.1) is 0 Å². The molecule has 0 aromatic heterocycles. The van der Waals surface area contributed by atoms with E-state index >= 15 is 0 Å². The van der Waals surface area contributed by atoms with E-state index in [-0.39, 0.29) is 12.5 Å². The lowest BCUT2D eigenvalue weighted by molar-refractivity contribution is -0.117. The molecule has 54 valence electrons. The van der Waals surface area contributed by atoms with Crippen molar-refractivity contribution in [2.24, 2.45) is 5.73 Å². The molecule has 0 saturated heterocycles. The maximum absolute atomic E-state index is 10.2. The van der Waals surface area contributed by atoms with Crippen molar-refractivity contribution in [1.29, 1.82) is 0 Å². The van der Waals surface area contributed by atoms with E-state index < -0.39 is 0 Å². The summed E-state index contributed by atoms with van der Waals surface area (Å²) >= 11 is 0. The standard InChI is InChI=1S/C6H14N2O/c1-3-5(2)8-4-6(7)9/h5,8H,3-4H2,1-2H3,(H2,7,9). The van der Waals surface area contributed by atoms with Crippen LogP contribution < -0.4 is 11.1 Å². The number of carbonyl (C=O) groups excluding carboxylic acids is 1. The third-order valence-electron chi connectivity index (χ3n) is 1.24. The van der Waals surface area contributed by atoms with Crippen molar-refractivity contribution < 1.29 is 4.79 Å². The van der Waals surface area contributed by atoms with Gasteiger partial charge in [-0.2, -0.15) is 0 Å². The van der Waals surface area contributed by atoms with Crippen LogP contribution in [0.25, 0.3) is 0 Å². The first-order chi connectivity index (χ1) is 4.16. The second-order valence-electron chi connectivity index (χ2n) is 2.16. The first-order valence-electron chi connectivity index (χ1n) is 3.18. The topological polar surface area (TPSA) is 55.1 Å². The van der Waals surface area contributed by atoms with E-state index in [9.17, 15) is 4.79 Å². The van der Waals surface area contributed by atoms with E-state index in [0.29, 0.717) is 6.04 Å².